The van der Waals surface area contributed by atoms with Crippen LogP contribution in [0.5, 0.6) is 11.5 Å². The third-order valence-electron chi connectivity index (χ3n) is 4.82. The van der Waals surface area contributed by atoms with E-state index in [-0.39, 0.29) is 36.4 Å². The van der Waals surface area contributed by atoms with Gasteiger partial charge in [0.2, 0.25) is 10.0 Å². The Balaban J connectivity index is 1.53. The smallest absolute Gasteiger partial charge is 0.417 e. The number of rotatable bonds is 11. The Labute approximate surface area is 216 Å². The normalized spacial score (nSPS) is 12.1. The van der Waals surface area contributed by atoms with Gasteiger partial charge in [-0.3, -0.25) is 0 Å². The van der Waals surface area contributed by atoms with Gasteiger partial charge in [0.15, 0.2) is 11.5 Å². The Morgan fingerprint density at radius 2 is 1.78 bits per heavy atom. The van der Waals surface area contributed by atoms with Crippen molar-refractivity contribution in [2.45, 2.75) is 12.8 Å². The van der Waals surface area contributed by atoms with Crippen LogP contribution in [-0.2, 0) is 22.8 Å². The molecule has 7 nitrogen and oxygen atoms in total. The molecular weight excluding hydrogens is 538 g/mol. The molecule has 0 saturated heterocycles. The van der Waals surface area contributed by atoms with Gasteiger partial charge in [0.25, 0.3) is 0 Å². The van der Waals surface area contributed by atoms with Crippen LogP contribution in [0.4, 0.5) is 23.4 Å². The number of methoxy groups -OCH3 is 1. The number of nitrogens with one attached hydrogen (secondary N) is 2. The van der Waals surface area contributed by atoms with Gasteiger partial charge >= 0.3 is 6.18 Å². The zero-order valence-electron chi connectivity index (χ0n) is 19.4. The average Bonchev–Trinajstić information content (AvgIpc) is 2.85. The number of anilines is 1. The van der Waals surface area contributed by atoms with Crippen molar-refractivity contribution in [2.75, 3.05) is 25.5 Å². The fraction of sp³-hybridized carbons (Fsp3) is 0.208. The van der Waals surface area contributed by atoms with Crippen LogP contribution in [0.25, 0.3) is 6.08 Å². The Hall–Kier alpha value is -3.35. The molecule has 198 valence electrons. The van der Waals surface area contributed by atoms with Crippen molar-refractivity contribution in [1.29, 1.82) is 0 Å². The van der Waals surface area contributed by atoms with E-state index >= 15 is 0 Å². The summed E-state index contributed by atoms with van der Waals surface area (Å²) in [5.41, 5.74) is 0.295. The second-order valence-electron chi connectivity index (χ2n) is 7.55. The summed E-state index contributed by atoms with van der Waals surface area (Å²) in [4.78, 5) is 3.62. The van der Waals surface area contributed by atoms with Crippen LogP contribution < -0.4 is 19.5 Å². The number of alkyl halides is 3. The van der Waals surface area contributed by atoms with Crippen LogP contribution in [0.15, 0.2) is 60.1 Å². The summed E-state index contributed by atoms with van der Waals surface area (Å²) in [7, 11) is -2.38. The fourth-order valence-electron chi connectivity index (χ4n) is 2.96. The van der Waals surface area contributed by atoms with Gasteiger partial charge in [-0.25, -0.2) is 22.5 Å². The molecule has 2 N–H and O–H groups in total. The second kappa shape index (κ2) is 12.3. The molecule has 2 aromatic carbocycles. The summed E-state index contributed by atoms with van der Waals surface area (Å²) >= 11 is 5.81. The highest BCUT2D eigenvalue weighted by Gasteiger charge is 2.31. The molecule has 0 bridgehead atoms. The van der Waals surface area contributed by atoms with Gasteiger partial charge < -0.3 is 14.8 Å². The molecule has 1 aromatic heterocycles. The van der Waals surface area contributed by atoms with Gasteiger partial charge in [-0.15, -0.1) is 0 Å². The number of ether oxygens (including phenoxy) is 2. The maximum atomic E-state index is 13.0. The van der Waals surface area contributed by atoms with Crippen LogP contribution in [0.1, 0.15) is 16.7 Å². The van der Waals surface area contributed by atoms with Crippen molar-refractivity contribution in [3.63, 3.8) is 0 Å². The predicted molar refractivity (Wildman–Crippen MR) is 132 cm³/mol. The van der Waals surface area contributed by atoms with Gasteiger partial charge in [0, 0.05) is 24.7 Å². The molecule has 3 rings (SSSR count). The largest absolute Gasteiger partial charge is 0.493 e. The zero-order chi connectivity index (χ0) is 27.1. The molecule has 0 aliphatic carbocycles. The van der Waals surface area contributed by atoms with E-state index in [0.717, 1.165) is 17.0 Å². The molecular formula is C24H22ClF4N3O4S. The molecule has 0 saturated carbocycles. The highest BCUT2D eigenvalue weighted by atomic mass is 35.5. The maximum Gasteiger partial charge on any atom is 0.417 e. The molecule has 0 atom stereocenters. The van der Waals surface area contributed by atoms with E-state index in [2.05, 4.69) is 15.0 Å². The van der Waals surface area contributed by atoms with Crippen LogP contribution in [-0.4, -0.2) is 33.6 Å². The summed E-state index contributed by atoms with van der Waals surface area (Å²) in [6.45, 7) is 0.135. The summed E-state index contributed by atoms with van der Waals surface area (Å²) < 4.78 is 88.9. The summed E-state index contributed by atoms with van der Waals surface area (Å²) in [6.07, 6.45) is -2.58. The first-order chi connectivity index (χ1) is 17.5. The van der Waals surface area contributed by atoms with E-state index in [1.165, 1.54) is 25.3 Å². The molecule has 0 spiro atoms. The van der Waals surface area contributed by atoms with E-state index < -0.39 is 21.8 Å². The number of halogens is 5. The minimum atomic E-state index is -4.57. The van der Waals surface area contributed by atoms with Gasteiger partial charge in [-0.1, -0.05) is 29.8 Å². The van der Waals surface area contributed by atoms with Crippen molar-refractivity contribution in [2.24, 2.45) is 0 Å². The van der Waals surface area contributed by atoms with Gasteiger partial charge in [-0.05, 0) is 47.5 Å². The third-order valence-corrected chi connectivity index (χ3v) is 6.21. The molecule has 0 unspecified atom stereocenters. The molecule has 3 aromatic rings. The topological polar surface area (TPSA) is 89.6 Å². The fourth-order valence-corrected chi connectivity index (χ4v) is 4.01. The summed E-state index contributed by atoms with van der Waals surface area (Å²) in [6, 6.07) is 11.4. The number of aromatic nitrogens is 1. The Morgan fingerprint density at radius 3 is 2.43 bits per heavy atom. The molecule has 0 aliphatic heterocycles. The number of hydrogen-bond acceptors (Lipinski definition) is 6. The van der Waals surface area contributed by atoms with Crippen LogP contribution in [0.2, 0.25) is 5.02 Å². The Morgan fingerprint density at radius 1 is 1.05 bits per heavy atom. The lowest BCUT2D eigenvalue weighted by Crippen LogP contribution is -2.27. The first-order valence-corrected chi connectivity index (χ1v) is 12.6. The molecule has 37 heavy (non-hydrogen) atoms. The lowest BCUT2D eigenvalue weighted by atomic mass is 10.2. The van der Waals surface area contributed by atoms with E-state index in [1.54, 1.807) is 30.3 Å². The summed E-state index contributed by atoms with van der Waals surface area (Å²) in [5, 5.41) is 3.40. The van der Waals surface area contributed by atoms with Crippen LogP contribution in [0, 0.1) is 5.82 Å². The molecule has 0 fully saturated rings. The Bertz CT molecular complexity index is 1350. The van der Waals surface area contributed by atoms with Gasteiger partial charge in [0.1, 0.15) is 18.2 Å². The van der Waals surface area contributed by atoms with Crippen molar-refractivity contribution in [3.8, 4) is 11.5 Å². The monoisotopic (exact) mass is 559 g/mol. The number of hydrogen-bond donors (Lipinski definition) is 2. The predicted octanol–water partition coefficient (Wildman–Crippen LogP) is 5.48. The van der Waals surface area contributed by atoms with Crippen molar-refractivity contribution >= 4 is 33.5 Å². The number of sulfonamides is 1. The number of pyridine rings is 1. The SMILES string of the molecule is COc1cc(C=CS(=O)(=O)NCCNc2ncc(C(F)(F)F)cc2Cl)ccc1OCc1ccc(F)cc1. The van der Waals surface area contributed by atoms with E-state index in [9.17, 15) is 26.0 Å². The van der Waals surface area contributed by atoms with Crippen LogP contribution in [0.3, 0.4) is 0 Å². The highest BCUT2D eigenvalue weighted by Crippen LogP contribution is 2.32. The standard InChI is InChI=1S/C24H22ClF4N3O4S/c1-35-22-12-16(4-7-21(22)36-15-17-2-5-19(26)6-3-17)8-11-37(33,34)32-10-9-30-23-20(25)13-18(14-31-23)24(27,28)29/h2-8,11-14,32H,9-10,15H2,1H3,(H,30,31). The number of benzene rings is 2. The molecule has 0 amide bonds. The van der Waals surface area contributed by atoms with Gasteiger partial charge in [0.05, 0.1) is 17.7 Å². The zero-order valence-corrected chi connectivity index (χ0v) is 20.9. The lowest BCUT2D eigenvalue weighted by Gasteiger charge is -2.12. The minimum Gasteiger partial charge on any atom is -0.493 e. The van der Waals surface area contributed by atoms with Crippen molar-refractivity contribution < 1.29 is 35.5 Å². The first kappa shape index (κ1) is 28.2. The molecule has 1 heterocycles. The lowest BCUT2D eigenvalue weighted by molar-refractivity contribution is -0.137. The van der Waals surface area contributed by atoms with Gasteiger partial charge in [-0.2, -0.15) is 13.2 Å². The summed E-state index contributed by atoms with van der Waals surface area (Å²) in [5.74, 6) is 0.447. The number of nitrogens with zero attached hydrogens (tertiary/aromatic N) is 1. The quantitative estimate of drug-likeness (QED) is 0.239. The third kappa shape index (κ3) is 8.62. The first-order valence-electron chi connectivity index (χ1n) is 10.7. The van der Waals surface area contributed by atoms with E-state index in [0.29, 0.717) is 23.3 Å². The average molecular weight is 560 g/mol. The Kier molecular flexibility index (Phi) is 9.35. The minimum absolute atomic E-state index is 0.00163. The molecule has 13 heteroatoms. The molecule has 0 aliphatic rings. The van der Waals surface area contributed by atoms with Crippen molar-refractivity contribution in [3.05, 3.63) is 87.7 Å². The highest BCUT2D eigenvalue weighted by molar-refractivity contribution is 7.92. The van der Waals surface area contributed by atoms with E-state index in [1.807, 2.05) is 0 Å². The van der Waals surface area contributed by atoms with E-state index in [4.69, 9.17) is 21.1 Å². The van der Waals surface area contributed by atoms with Crippen molar-refractivity contribution in [1.82, 2.24) is 9.71 Å². The second-order valence-corrected chi connectivity index (χ2v) is 9.60. The molecule has 0 radical (unpaired) electrons. The van der Waals surface area contributed by atoms with Crippen LogP contribution >= 0.6 is 11.6 Å². The maximum absolute atomic E-state index is 13.0.